The highest BCUT2D eigenvalue weighted by molar-refractivity contribution is 5.23. The van der Waals surface area contributed by atoms with Gasteiger partial charge < -0.3 is 10.2 Å². The van der Waals surface area contributed by atoms with Gasteiger partial charge in [0.15, 0.2) is 0 Å². The van der Waals surface area contributed by atoms with Crippen LogP contribution in [0.15, 0.2) is 24.3 Å². The Morgan fingerprint density at radius 2 is 2.07 bits per heavy atom. The van der Waals surface area contributed by atoms with E-state index in [0.717, 1.165) is 13.0 Å². The SMILES string of the molecule is CCc1cccc(CNC2CN(C)C2)c1. The zero-order chi connectivity index (χ0) is 10.7. The molecule has 0 amide bonds. The van der Waals surface area contributed by atoms with Gasteiger partial charge in [0.05, 0.1) is 0 Å². The second kappa shape index (κ2) is 4.77. The van der Waals surface area contributed by atoms with Gasteiger partial charge in [-0.1, -0.05) is 31.2 Å². The topological polar surface area (TPSA) is 15.3 Å². The fourth-order valence-electron chi connectivity index (χ4n) is 2.05. The number of aryl methyl sites for hydroxylation is 1. The third-order valence-corrected chi connectivity index (χ3v) is 3.06. The maximum Gasteiger partial charge on any atom is 0.0325 e. The summed E-state index contributed by atoms with van der Waals surface area (Å²) in [6.07, 6.45) is 1.13. The van der Waals surface area contributed by atoms with Crippen LogP contribution in [0.1, 0.15) is 18.1 Å². The first-order chi connectivity index (χ1) is 7.28. The number of nitrogens with zero attached hydrogens (tertiary/aromatic N) is 1. The molecule has 2 nitrogen and oxygen atoms in total. The molecule has 1 N–H and O–H groups in total. The molecule has 15 heavy (non-hydrogen) atoms. The molecule has 0 atom stereocenters. The Hall–Kier alpha value is -0.860. The lowest BCUT2D eigenvalue weighted by Gasteiger charge is -2.36. The summed E-state index contributed by atoms with van der Waals surface area (Å²) in [5, 5.41) is 3.58. The summed E-state index contributed by atoms with van der Waals surface area (Å²) >= 11 is 0. The fraction of sp³-hybridized carbons (Fsp3) is 0.538. The Balaban J connectivity index is 1.82. The largest absolute Gasteiger partial charge is 0.307 e. The minimum absolute atomic E-state index is 0.695. The minimum Gasteiger partial charge on any atom is -0.307 e. The Kier molecular flexibility index (Phi) is 3.39. The molecule has 1 fully saturated rings. The summed E-state index contributed by atoms with van der Waals surface area (Å²) in [7, 11) is 2.16. The first kappa shape index (κ1) is 10.7. The molecule has 82 valence electrons. The smallest absolute Gasteiger partial charge is 0.0325 e. The van der Waals surface area contributed by atoms with Crippen molar-refractivity contribution in [2.24, 2.45) is 0 Å². The number of likely N-dealkylation sites (N-methyl/N-ethyl adjacent to an activating group) is 1. The normalized spacial score (nSPS) is 17.7. The van der Waals surface area contributed by atoms with Crippen LogP contribution < -0.4 is 5.32 Å². The summed E-state index contributed by atoms with van der Waals surface area (Å²) in [6.45, 7) is 5.58. The van der Waals surface area contributed by atoms with Crippen LogP contribution in [-0.2, 0) is 13.0 Å². The van der Waals surface area contributed by atoms with Crippen molar-refractivity contribution in [3.05, 3.63) is 35.4 Å². The van der Waals surface area contributed by atoms with E-state index in [9.17, 15) is 0 Å². The molecule has 0 unspecified atom stereocenters. The van der Waals surface area contributed by atoms with E-state index >= 15 is 0 Å². The molecule has 0 spiro atoms. The van der Waals surface area contributed by atoms with Crippen molar-refractivity contribution in [3.8, 4) is 0 Å². The van der Waals surface area contributed by atoms with Crippen LogP contribution in [0.2, 0.25) is 0 Å². The van der Waals surface area contributed by atoms with Crippen LogP contribution in [0.25, 0.3) is 0 Å². The quantitative estimate of drug-likeness (QED) is 0.802. The summed E-state index contributed by atoms with van der Waals surface area (Å²) in [6, 6.07) is 9.55. The summed E-state index contributed by atoms with van der Waals surface area (Å²) in [4.78, 5) is 2.33. The van der Waals surface area contributed by atoms with Gasteiger partial charge in [-0.3, -0.25) is 0 Å². The molecule has 1 aromatic rings. The Morgan fingerprint density at radius 1 is 1.33 bits per heavy atom. The predicted molar refractivity (Wildman–Crippen MR) is 63.9 cm³/mol. The predicted octanol–water partition coefficient (Wildman–Crippen LogP) is 1.65. The van der Waals surface area contributed by atoms with Gasteiger partial charge in [-0.25, -0.2) is 0 Å². The molecule has 0 saturated carbocycles. The monoisotopic (exact) mass is 204 g/mol. The molecule has 1 saturated heterocycles. The molecule has 1 aliphatic heterocycles. The Bertz CT molecular complexity index is 316. The standard InChI is InChI=1S/C13H20N2/c1-3-11-5-4-6-12(7-11)8-14-13-9-15(2)10-13/h4-7,13-14H,3,8-10H2,1-2H3. The van der Waals surface area contributed by atoms with Crippen LogP contribution in [-0.4, -0.2) is 31.1 Å². The van der Waals surface area contributed by atoms with Gasteiger partial charge in [0.2, 0.25) is 0 Å². The highest BCUT2D eigenvalue weighted by Crippen LogP contribution is 2.08. The van der Waals surface area contributed by atoms with E-state index in [2.05, 4.69) is 48.5 Å². The van der Waals surface area contributed by atoms with E-state index in [0.29, 0.717) is 6.04 Å². The number of benzene rings is 1. The van der Waals surface area contributed by atoms with E-state index in [1.165, 1.54) is 24.2 Å². The lowest BCUT2D eigenvalue weighted by molar-refractivity contribution is 0.161. The lowest BCUT2D eigenvalue weighted by atomic mass is 10.1. The van der Waals surface area contributed by atoms with Crippen molar-refractivity contribution < 1.29 is 0 Å². The maximum absolute atomic E-state index is 3.58. The van der Waals surface area contributed by atoms with Gasteiger partial charge >= 0.3 is 0 Å². The van der Waals surface area contributed by atoms with Gasteiger partial charge in [0, 0.05) is 25.7 Å². The van der Waals surface area contributed by atoms with Crippen molar-refractivity contribution in [3.63, 3.8) is 0 Å². The van der Waals surface area contributed by atoms with Crippen molar-refractivity contribution >= 4 is 0 Å². The van der Waals surface area contributed by atoms with Gasteiger partial charge in [0.25, 0.3) is 0 Å². The number of hydrogen-bond acceptors (Lipinski definition) is 2. The van der Waals surface area contributed by atoms with E-state index in [1.54, 1.807) is 0 Å². The van der Waals surface area contributed by atoms with E-state index in [4.69, 9.17) is 0 Å². The van der Waals surface area contributed by atoms with Gasteiger partial charge in [0.1, 0.15) is 0 Å². The first-order valence-corrected chi connectivity index (χ1v) is 5.77. The van der Waals surface area contributed by atoms with Crippen LogP contribution >= 0.6 is 0 Å². The summed E-state index contributed by atoms with van der Waals surface area (Å²) in [5.41, 5.74) is 2.84. The van der Waals surface area contributed by atoms with Crippen LogP contribution in [0, 0.1) is 0 Å². The zero-order valence-electron chi connectivity index (χ0n) is 9.66. The van der Waals surface area contributed by atoms with Crippen LogP contribution in [0.3, 0.4) is 0 Å². The number of hydrogen-bond donors (Lipinski definition) is 1. The molecule has 1 aliphatic rings. The molecule has 0 aromatic heterocycles. The fourth-order valence-corrected chi connectivity index (χ4v) is 2.05. The third-order valence-electron chi connectivity index (χ3n) is 3.06. The van der Waals surface area contributed by atoms with Crippen LogP contribution in [0.5, 0.6) is 0 Å². The molecular formula is C13H20N2. The van der Waals surface area contributed by atoms with Crippen molar-refractivity contribution in [2.75, 3.05) is 20.1 Å². The highest BCUT2D eigenvalue weighted by Gasteiger charge is 2.21. The molecule has 0 bridgehead atoms. The van der Waals surface area contributed by atoms with Gasteiger partial charge in [-0.05, 0) is 24.6 Å². The molecule has 1 aromatic carbocycles. The highest BCUT2D eigenvalue weighted by atomic mass is 15.2. The Labute approximate surface area is 92.3 Å². The number of nitrogens with one attached hydrogen (secondary N) is 1. The Morgan fingerprint density at radius 3 is 2.73 bits per heavy atom. The average molecular weight is 204 g/mol. The zero-order valence-corrected chi connectivity index (χ0v) is 9.66. The lowest BCUT2D eigenvalue weighted by Crippen LogP contribution is -2.55. The van der Waals surface area contributed by atoms with Crippen molar-refractivity contribution in [2.45, 2.75) is 25.9 Å². The minimum atomic E-state index is 0.695. The van der Waals surface area contributed by atoms with Crippen molar-refractivity contribution in [1.29, 1.82) is 0 Å². The second-order valence-corrected chi connectivity index (χ2v) is 4.47. The molecule has 0 radical (unpaired) electrons. The van der Waals surface area contributed by atoms with Crippen LogP contribution in [0.4, 0.5) is 0 Å². The number of rotatable bonds is 4. The van der Waals surface area contributed by atoms with E-state index in [-0.39, 0.29) is 0 Å². The average Bonchev–Trinajstić information content (AvgIpc) is 2.23. The molecule has 0 aliphatic carbocycles. The summed E-state index contributed by atoms with van der Waals surface area (Å²) in [5.74, 6) is 0. The number of likely N-dealkylation sites (tertiary alicyclic amines) is 1. The van der Waals surface area contributed by atoms with E-state index < -0.39 is 0 Å². The molecule has 1 heterocycles. The second-order valence-electron chi connectivity index (χ2n) is 4.47. The first-order valence-electron chi connectivity index (χ1n) is 5.77. The summed E-state index contributed by atoms with van der Waals surface area (Å²) < 4.78 is 0. The van der Waals surface area contributed by atoms with Crippen molar-refractivity contribution in [1.82, 2.24) is 10.2 Å². The van der Waals surface area contributed by atoms with E-state index in [1.807, 2.05) is 0 Å². The molecule has 2 rings (SSSR count). The third kappa shape index (κ3) is 2.80. The maximum atomic E-state index is 3.58. The van der Waals surface area contributed by atoms with Gasteiger partial charge in [-0.2, -0.15) is 0 Å². The van der Waals surface area contributed by atoms with Gasteiger partial charge in [-0.15, -0.1) is 0 Å². The molecule has 2 heteroatoms. The molecular weight excluding hydrogens is 184 g/mol.